The van der Waals surface area contributed by atoms with Gasteiger partial charge in [0.25, 0.3) is 5.69 Å². The fourth-order valence-electron chi connectivity index (χ4n) is 3.42. The zero-order valence-electron chi connectivity index (χ0n) is 17.0. The Morgan fingerprint density at radius 2 is 1.77 bits per heavy atom. The number of hydrogen-bond acceptors (Lipinski definition) is 6. The molecule has 3 amide bonds. The van der Waals surface area contributed by atoms with Crippen molar-refractivity contribution in [1.82, 2.24) is 10.2 Å². The molecule has 160 valence electrons. The number of nitro groups is 1. The quantitative estimate of drug-likeness (QED) is 0.433. The third kappa shape index (κ3) is 4.61. The number of nitrogens with zero attached hydrogens (tertiary/aromatic N) is 2. The summed E-state index contributed by atoms with van der Waals surface area (Å²) < 4.78 is 5.15. The molecule has 1 N–H and O–H groups in total. The minimum absolute atomic E-state index is 0.0626. The Morgan fingerprint density at radius 1 is 1.13 bits per heavy atom. The molecule has 2 aromatic rings. The minimum Gasteiger partial charge on any atom is -0.463 e. The number of carbonyl (C=O) groups is 3. The topological polar surface area (TPSA) is 119 Å². The molecule has 1 heterocycles. The van der Waals surface area contributed by atoms with E-state index in [9.17, 15) is 24.5 Å². The Balaban J connectivity index is 2.08. The Hall–Kier alpha value is -4.01. The van der Waals surface area contributed by atoms with Crippen LogP contribution >= 0.6 is 0 Å². The third-order valence-electron chi connectivity index (χ3n) is 4.83. The first-order valence-electron chi connectivity index (χ1n) is 9.62. The molecule has 2 aromatic carbocycles. The first kappa shape index (κ1) is 21.7. The maximum atomic E-state index is 13.2. The smallest absolute Gasteiger partial charge is 0.338 e. The van der Waals surface area contributed by atoms with E-state index in [2.05, 4.69) is 5.32 Å². The number of imide groups is 1. The van der Waals surface area contributed by atoms with Crippen molar-refractivity contribution in [3.8, 4) is 0 Å². The van der Waals surface area contributed by atoms with Gasteiger partial charge in [0, 0.05) is 17.8 Å². The largest absolute Gasteiger partial charge is 0.463 e. The molecular weight excluding hydrogens is 402 g/mol. The SMILES string of the molecule is CCOC(=O)C1=C(C)NC(=O)N(C(=O)Cc2ccccc2)[C@H]1c1ccc([N+](=O)[O-])cc1. The van der Waals surface area contributed by atoms with Gasteiger partial charge in [0.15, 0.2) is 0 Å². The predicted octanol–water partition coefficient (Wildman–Crippen LogP) is 3.27. The van der Waals surface area contributed by atoms with Crippen LogP contribution in [0.3, 0.4) is 0 Å². The summed E-state index contributed by atoms with van der Waals surface area (Å²) in [6.07, 6.45) is -0.0626. The van der Waals surface area contributed by atoms with E-state index in [0.29, 0.717) is 11.1 Å². The third-order valence-corrected chi connectivity index (χ3v) is 4.83. The number of hydrogen-bond donors (Lipinski definition) is 1. The Morgan fingerprint density at radius 3 is 2.35 bits per heavy atom. The summed E-state index contributed by atoms with van der Waals surface area (Å²) in [4.78, 5) is 50.1. The monoisotopic (exact) mass is 423 g/mol. The number of urea groups is 1. The molecule has 0 aromatic heterocycles. The lowest BCUT2D eigenvalue weighted by Gasteiger charge is -2.36. The van der Waals surface area contributed by atoms with E-state index in [1.165, 1.54) is 24.3 Å². The normalized spacial score (nSPS) is 16.0. The van der Waals surface area contributed by atoms with Crippen molar-refractivity contribution in [2.24, 2.45) is 0 Å². The Bertz CT molecular complexity index is 1050. The van der Waals surface area contributed by atoms with Crippen molar-refractivity contribution in [3.05, 3.63) is 87.1 Å². The van der Waals surface area contributed by atoms with E-state index in [0.717, 1.165) is 4.90 Å². The van der Waals surface area contributed by atoms with E-state index < -0.39 is 28.9 Å². The number of carbonyl (C=O) groups excluding carboxylic acids is 3. The lowest BCUT2D eigenvalue weighted by molar-refractivity contribution is -0.384. The standard InChI is InChI=1S/C22H21N3O6/c1-3-31-21(27)19-14(2)23-22(28)24(18(26)13-15-7-5-4-6-8-15)20(19)16-9-11-17(12-10-16)25(29)30/h4-12,20H,3,13H2,1-2H3,(H,23,28)/t20-/m0/s1. The maximum absolute atomic E-state index is 13.2. The number of allylic oxidation sites excluding steroid dienone is 1. The van der Waals surface area contributed by atoms with E-state index in [1.54, 1.807) is 38.1 Å². The van der Waals surface area contributed by atoms with Crippen LogP contribution in [0, 0.1) is 10.1 Å². The highest BCUT2D eigenvalue weighted by atomic mass is 16.6. The van der Waals surface area contributed by atoms with Gasteiger partial charge >= 0.3 is 12.0 Å². The summed E-state index contributed by atoms with van der Waals surface area (Å²) >= 11 is 0. The van der Waals surface area contributed by atoms with Crippen LogP contribution in [0.1, 0.15) is 31.0 Å². The second-order valence-corrected chi connectivity index (χ2v) is 6.87. The van der Waals surface area contributed by atoms with Crippen molar-refractivity contribution < 1.29 is 24.0 Å². The van der Waals surface area contributed by atoms with Crippen LogP contribution in [-0.2, 0) is 20.7 Å². The van der Waals surface area contributed by atoms with Crippen molar-refractivity contribution in [1.29, 1.82) is 0 Å². The van der Waals surface area contributed by atoms with Crippen LogP contribution in [0.5, 0.6) is 0 Å². The van der Waals surface area contributed by atoms with E-state index in [1.807, 2.05) is 6.07 Å². The summed E-state index contributed by atoms with van der Waals surface area (Å²) in [6, 6.07) is 12.5. The molecular formula is C22H21N3O6. The lowest BCUT2D eigenvalue weighted by Crippen LogP contribution is -2.51. The van der Waals surface area contributed by atoms with Crippen LogP contribution in [0.4, 0.5) is 10.5 Å². The van der Waals surface area contributed by atoms with Gasteiger partial charge in [-0.15, -0.1) is 0 Å². The number of benzene rings is 2. The van der Waals surface area contributed by atoms with E-state index in [-0.39, 0.29) is 30.0 Å². The van der Waals surface area contributed by atoms with Crippen molar-refractivity contribution >= 4 is 23.6 Å². The highest BCUT2D eigenvalue weighted by Gasteiger charge is 2.41. The number of non-ortho nitro benzene ring substituents is 1. The zero-order chi connectivity index (χ0) is 22.5. The first-order chi connectivity index (χ1) is 14.8. The fraction of sp³-hybridized carbons (Fsp3) is 0.227. The molecule has 0 aliphatic carbocycles. The molecule has 1 aliphatic heterocycles. The van der Waals surface area contributed by atoms with Crippen LogP contribution in [-0.4, -0.2) is 34.3 Å². The van der Waals surface area contributed by atoms with Crippen molar-refractivity contribution in [2.75, 3.05) is 6.61 Å². The van der Waals surface area contributed by atoms with Crippen LogP contribution in [0.2, 0.25) is 0 Å². The van der Waals surface area contributed by atoms with Gasteiger partial charge in [-0.05, 0) is 37.1 Å². The molecule has 0 saturated carbocycles. The number of amides is 3. The molecule has 1 aliphatic rings. The lowest BCUT2D eigenvalue weighted by atomic mass is 9.93. The molecule has 31 heavy (non-hydrogen) atoms. The molecule has 9 heteroatoms. The van der Waals surface area contributed by atoms with E-state index in [4.69, 9.17) is 4.74 Å². The van der Waals surface area contributed by atoms with Crippen LogP contribution in [0.25, 0.3) is 0 Å². The Kier molecular flexibility index (Phi) is 6.44. The van der Waals surface area contributed by atoms with Crippen molar-refractivity contribution in [2.45, 2.75) is 26.3 Å². The van der Waals surface area contributed by atoms with Crippen LogP contribution < -0.4 is 5.32 Å². The summed E-state index contributed by atoms with van der Waals surface area (Å²) in [6.45, 7) is 3.30. The maximum Gasteiger partial charge on any atom is 0.338 e. The minimum atomic E-state index is -1.08. The van der Waals surface area contributed by atoms with Gasteiger partial charge in [-0.1, -0.05) is 30.3 Å². The van der Waals surface area contributed by atoms with Crippen molar-refractivity contribution in [3.63, 3.8) is 0 Å². The predicted molar refractivity (Wildman–Crippen MR) is 111 cm³/mol. The zero-order valence-corrected chi connectivity index (χ0v) is 17.0. The molecule has 9 nitrogen and oxygen atoms in total. The van der Waals surface area contributed by atoms with Gasteiger partial charge in [-0.2, -0.15) is 0 Å². The molecule has 0 radical (unpaired) electrons. The molecule has 3 rings (SSSR count). The van der Waals surface area contributed by atoms with Gasteiger partial charge in [-0.3, -0.25) is 19.8 Å². The molecule has 0 unspecified atom stereocenters. The summed E-state index contributed by atoms with van der Waals surface area (Å²) in [5.74, 6) is -1.21. The summed E-state index contributed by atoms with van der Waals surface area (Å²) in [7, 11) is 0. The number of nitrogens with one attached hydrogen (secondary N) is 1. The number of nitro benzene ring substituents is 1. The molecule has 0 bridgehead atoms. The van der Waals surface area contributed by atoms with E-state index >= 15 is 0 Å². The fourth-order valence-corrected chi connectivity index (χ4v) is 3.42. The highest BCUT2D eigenvalue weighted by Crippen LogP contribution is 2.35. The van der Waals surface area contributed by atoms with Crippen LogP contribution in [0.15, 0.2) is 65.9 Å². The first-order valence-corrected chi connectivity index (χ1v) is 9.62. The average Bonchev–Trinajstić information content (AvgIpc) is 2.74. The molecule has 1 atom stereocenters. The number of ether oxygens (including phenoxy) is 1. The number of rotatable bonds is 6. The van der Waals surface area contributed by atoms with Gasteiger partial charge in [0.2, 0.25) is 5.91 Å². The summed E-state index contributed by atoms with van der Waals surface area (Å²) in [5.41, 5.74) is 1.29. The average molecular weight is 423 g/mol. The Labute approximate surface area is 178 Å². The summed E-state index contributed by atoms with van der Waals surface area (Å²) in [5, 5.41) is 13.6. The van der Waals surface area contributed by atoms with Gasteiger partial charge in [0.05, 0.1) is 23.5 Å². The van der Waals surface area contributed by atoms with Gasteiger partial charge < -0.3 is 10.1 Å². The molecule has 0 spiro atoms. The van der Waals surface area contributed by atoms with Gasteiger partial charge in [-0.25, -0.2) is 9.59 Å². The van der Waals surface area contributed by atoms with Gasteiger partial charge in [0.1, 0.15) is 6.04 Å². The number of esters is 1. The molecule has 0 saturated heterocycles. The second-order valence-electron chi connectivity index (χ2n) is 6.87. The second kappa shape index (κ2) is 9.21. The molecule has 0 fully saturated rings. The highest BCUT2D eigenvalue weighted by molar-refractivity contribution is 6.02.